The quantitative estimate of drug-likeness (QED) is 0.215. The van der Waals surface area contributed by atoms with Gasteiger partial charge in [-0.15, -0.1) is 11.3 Å². The van der Waals surface area contributed by atoms with Crippen molar-refractivity contribution in [3.05, 3.63) is 74.5 Å². The predicted octanol–water partition coefficient (Wildman–Crippen LogP) is 5.44. The molecule has 2 aromatic rings. The van der Waals surface area contributed by atoms with Crippen molar-refractivity contribution in [3.8, 4) is 0 Å². The lowest BCUT2D eigenvalue weighted by molar-refractivity contribution is -0.138. The van der Waals surface area contributed by atoms with Gasteiger partial charge in [0, 0.05) is 16.5 Å². The third kappa shape index (κ3) is 5.09. The SMILES string of the molecule is CCOC(=O)C1=C(O)/C(=C\C(=O)c2ccc(C)cc2)N(c2sc3c(c2C(=O)OCC)CCCCC3)C1=N. The molecule has 0 bridgehead atoms. The zero-order valence-corrected chi connectivity index (χ0v) is 22.0. The molecule has 0 saturated carbocycles. The Balaban J connectivity index is 1.90. The highest BCUT2D eigenvalue weighted by atomic mass is 32.1. The number of nitrogens with zero attached hydrogens (tertiary/aromatic N) is 1. The van der Waals surface area contributed by atoms with Crippen LogP contribution in [0.15, 0.2) is 47.4 Å². The van der Waals surface area contributed by atoms with Crippen LogP contribution in [0.25, 0.3) is 0 Å². The number of aliphatic hydroxyl groups excluding tert-OH is 1. The summed E-state index contributed by atoms with van der Waals surface area (Å²) in [6.07, 6.45) is 5.59. The second-order valence-electron chi connectivity index (χ2n) is 8.85. The first-order valence-electron chi connectivity index (χ1n) is 12.4. The van der Waals surface area contributed by atoms with Gasteiger partial charge in [0.2, 0.25) is 0 Å². The van der Waals surface area contributed by atoms with Crippen molar-refractivity contribution >= 4 is 39.9 Å². The molecule has 37 heavy (non-hydrogen) atoms. The van der Waals surface area contributed by atoms with Gasteiger partial charge in [-0.2, -0.15) is 0 Å². The highest BCUT2D eigenvalue weighted by Gasteiger charge is 2.42. The zero-order valence-electron chi connectivity index (χ0n) is 21.2. The number of hydrogen-bond acceptors (Lipinski definition) is 8. The molecule has 2 N–H and O–H groups in total. The summed E-state index contributed by atoms with van der Waals surface area (Å²) in [5, 5.41) is 20.3. The average molecular weight is 523 g/mol. The third-order valence-electron chi connectivity index (χ3n) is 6.35. The maximum Gasteiger partial charge on any atom is 0.345 e. The topological polar surface area (TPSA) is 117 Å². The molecule has 4 rings (SSSR count). The fraction of sp³-hybridized carbons (Fsp3) is 0.357. The number of allylic oxidation sites excluding steroid dienone is 1. The molecule has 0 amide bonds. The minimum absolute atomic E-state index is 0.0472. The molecule has 8 nitrogen and oxygen atoms in total. The summed E-state index contributed by atoms with van der Waals surface area (Å²) in [4.78, 5) is 41.4. The monoisotopic (exact) mass is 522 g/mol. The highest BCUT2D eigenvalue weighted by molar-refractivity contribution is 7.17. The lowest BCUT2D eigenvalue weighted by Gasteiger charge is -2.21. The van der Waals surface area contributed by atoms with E-state index in [0.29, 0.717) is 22.5 Å². The molecule has 0 radical (unpaired) electrons. The van der Waals surface area contributed by atoms with E-state index in [-0.39, 0.29) is 30.3 Å². The van der Waals surface area contributed by atoms with Crippen LogP contribution >= 0.6 is 11.3 Å². The molecular formula is C28H30N2O6S. The van der Waals surface area contributed by atoms with Gasteiger partial charge in [-0.3, -0.25) is 15.1 Å². The van der Waals surface area contributed by atoms with Crippen molar-refractivity contribution < 1.29 is 29.0 Å². The summed E-state index contributed by atoms with van der Waals surface area (Å²) in [6.45, 7) is 5.47. The lowest BCUT2D eigenvalue weighted by atomic mass is 10.0. The minimum Gasteiger partial charge on any atom is -0.505 e. The van der Waals surface area contributed by atoms with Crippen LogP contribution in [0.2, 0.25) is 0 Å². The molecule has 0 unspecified atom stereocenters. The van der Waals surface area contributed by atoms with Crippen LogP contribution in [-0.4, -0.2) is 41.9 Å². The Bertz CT molecular complexity index is 1320. The Morgan fingerprint density at radius 1 is 1.03 bits per heavy atom. The molecule has 0 spiro atoms. The first kappa shape index (κ1) is 26.3. The Labute approximate surface area is 219 Å². The summed E-state index contributed by atoms with van der Waals surface area (Å²) < 4.78 is 10.5. The number of thiophene rings is 1. The maximum atomic E-state index is 13.2. The number of esters is 2. The van der Waals surface area contributed by atoms with Gasteiger partial charge in [0.1, 0.15) is 16.4 Å². The molecule has 1 aliphatic carbocycles. The molecule has 2 aliphatic rings. The van der Waals surface area contributed by atoms with E-state index in [1.165, 1.54) is 22.3 Å². The van der Waals surface area contributed by atoms with Gasteiger partial charge in [0.15, 0.2) is 11.5 Å². The van der Waals surface area contributed by atoms with E-state index in [0.717, 1.165) is 41.7 Å². The molecule has 1 aromatic carbocycles. The lowest BCUT2D eigenvalue weighted by Crippen LogP contribution is -2.29. The smallest absolute Gasteiger partial charge is 0.345 e. The van der Waals surface area contributed by atoms with Crippen molar-refractivity contribution in [2.24, 2.45) is 0 Å². The maximum absolute atomic E-state index is 13.2. The number of benzene rings is 1. The van der Waals surface area contributed by atoms with E-state index < -0.39 is 23.5 Å². The minimum atomic E-state index is -0.878. The number of carbonyl (C=O) groups is 3. The van der Waals surface area contributed by atoms with Gasteiger partial charge < -0.3 is 14.6 Å². The van der Waals surface area contributed by atoms with E-state index in [9.17, 15) is 19.5 Å². The molecule has 2 heterocycles. The fourth-order valence-corrected chi connectivity index (χ4v) is 5.94. The van der Waals surface area contributed by atoms with Crippen LogP contribution in [-0.2, 0) is 27.1 Å². The first-order chi connectivity index (χ1) is 17.8. The standard InChI is InChI=1S/C28H30N2O6S/c1-4-35-27(33)22-18-9-7-6-8-10-21(18)37-26(22)30-19(15-20(31)17-13-11-16(3)12-14-17)24(32)23(25(30)29)28(34)36-5-2/h11-15,29,32H,4-10H2,1-3H3/b19-15+,29-25?. The van der Waals surface area contributed by atoms with Crippen LogP contribution in [0.5, 0.6) is 0 Å². The summed E-state index contributed by atoms with van der Waals surface area (Å²) in [7, 11) is 0. The van der Waals surface area contributed by atoms with Crippen molar-refractivity contribution in [2.45, 2.75) is 52.9 Å². The number of ketones is 1. The number of fused-ring (bicyclic) bond motifs is 1. The van der Waals surface area contributed by atoms with Crippen LogP contribution in [0.4, 0.5) is 5.00 Å². The largest absolute Gasteiger partial charge is 0.505 e. The Hall–Kier alpha value is -3.72. The fourth-order valence-electron chi connectivity index (χ4n) is 4.54. The summed E-state index contributed by atoms with van der Waals surface area (Å²) in [5.41, 5.74) is 2.15. The molecule has 0 fully saturated rings. The second-order valence-corrected chi connectivity index (χ2v) is 9.94. The van der Waals surface area contributed by atoms with E-state index in [1.54, 1.807) is 38.1 Å². The average Bonchev–Trinajstić information content (AvgIpc) is 3.21. The first-order valence-corrected chi connectivity index (χ1v) is 13.2. The van der Waals surface area contributed by atoms with Gasteiger partial charge >= 0.3 is 11.9 Å². The van der Waals surface area contributed by atoms with Crippen molar-refractivity contribution in [2.75, 3.05) is 18.1 Å². The van der Waals surface area contributed by atoms with Gasteiger partial charge in [-0.25, -0.2) is 9.59 Å². The predicted molar refractivity (Wildman–Crippen MR) is 142 cm³/mol. The summed E-state index contributed by atoms with van der Waals surface area (Å²) in [6, 6.07) is 6.94. The Morgan fingerprint density at radius 2 is 1.68 bits per heavy atom. The van der Waals surface area contributed by atoms with Gasteiger partial charge in [-0.1, -0.05) is 36.2 Å². The molecule has 9 heteroatoms. The van der Waals surface area contributed by atoms with Crippen molar-refractivity contribution in [1.82, 2.24) is 0 Å². The van der Waals surface area contributed by atoms with Crippen molar-refractivity contribution in [3.63, 3.8) is 0 Å². The number of anilines is 1. The molecular weight excluding hydrogens is 492 g/mol. The number of aryl methyl sites for hydroxylation is 2. The molecule has 194 valence electrons. The van der Waals surface area contributed by atoms with Gasteiger partial charge in [0.05, 0.1) is 24.5 Å². The Morgan fingerprint density at radius 3 is 2.35 bits per heavy atom. The van der Waals surface area contributed by atoms with Crippen LogP contribution in [0, 0.1) is 12.3 Å². The number of ether oxygens (including phenoxy) is 2. The molecule has 0 atom stereocenters. The van der Waals surface area contributed by atoms with Gasteiger partial charge in [-0.05, 0) is 52.0 Å². The molecule has 1 aromatic heterocycles. The highest BCUT2D eigenvalue weighted by Crippen LogP contribution is 2.45. The Kier molecular flexibility index (Phi) is 7.92. The summed E-state index contributed by atoms with van der Waals surface area (Å²) >= 11 is 1.33. The zero-order chi connectivity index (χ0) is 26.7. The number of rotatable bonds is 7. The number of amidine groups is 1. The normalized spacial score (nSPS) is 16.6. The third-order valence-corrected chi connectivity index (χ3v) is 7.63. The van der Waals surface area contributed by atoms with Crippen LogP contribution < -0.4 is 4.90 Å². The number of aliphatic hydroxyl groups is 1. The van der Waals surface area contributed by atoms with E-state index in [4.69, 9.17) is 14.9 Å². The molecule has 1 aliphatic heterocycles. The van der Waals surface area contributed by atoms with Crippen LogP contribution in [0.1, 0.15) is 69.8 Å². The number of carbonyl (C=O) groups excluding carboxylic acids is 3. The van der Waals surface area contributed by atoms with E-state index in [2.05, 4.69) is 0 Å². The van der Waals surface area contributed by atoms with E-state index >= 15 is 0 Å². The molecule has 0 saturated heterocycles. The second kappa shape index (κ2) is 11.1. The summed E-state index contributed by atoms with van der Waals surface area (Å²) in [5.74, 6) is -2.72. The van der Waals surface area contributed by atoms with Crippen LogP contribution in [0.3, 0.4) is 0 Å². The van der Waals surface area contributed by atoms with Gasteiger partial charge in [0.25, 0.3) is 0 Å². The number of hydrogen-bond donors (Lipinski definition) is 2. The van der Waals surface area contributed by atoms with Crippen molar-refractivity contribution in [1.29, 1.82) is 5.41 Å². The number of nitrogens with one attached hydrogen (secondary N) is 1. The van der Waals surface area contributed by atoms with E-state index in [1.807, 2.05) is 6.92 Å².